The van der Waals surface area contributed by atoms with Crippen molar-refractivity contribution in [3.8, 4) is 0 Å². The molecular formula is C16H22ClFN2O2. The molecule has 0 aliphatic carbocycles. The summed E-state index contributed by atoms with van der Waals surface area (Å²) in [5.74, 6) is -0.530. The smallest absolute Gasteiger partial charge is 0.234 e. The van der Waals surface area contributed by atoms with Crippen molar-refractivity contribution in [2.75, 3.05) is 19.7 Å². The van der Waals surface area contributed by atoms with E-state index >= 15 is 0 Å². The standard InChI is InChI=1S/C16H22ClFN2O2/c1-16(2,13-6-5-11(18)8-14(13)17)20-15(21)10-19-9-12-4-3-7-22-12/h5-6,8,12,19H,3-4,7,9-10H2,1-2H3,(H,20,21). The molecule has 1 aliphatic heterocycles. The SMILES string of the molecule is CC(C)(NC(=O)CNCC1CCCO1)c1ccc(F)cc1Cl. The Morgan fingerprint density at radius 2 is 2.27 bits per heavy atom. The van der Waals surface area contributed by atoms with Crippen LogP contribution in [-0.2, 0) is 15.1 Å². The number of rotatable bonds is 6. The lowest BCUT2D eigenvalue weighted by Crippen LogP contribution is -2.46. The summed E-state index contributed by atoms with van der Waals surface area (Å²) in [4.78, 5) is 12.1. The Kier molecular flexibility index (Phi) is 5.78. The summed E-state index contributed by atoms with van der Waals surface area (Å²) >= 11 is 6.06. The number of halogens is 2. The summed E-state index contributed by atoms with van der Waals surface area (Å²) in [6, 6.07) is 4.18. The highest BCUT2D eigenvalue weighted by Crippen LogP contribution is 2.28. The van der Waals surface area contributed by atoms with Crippen molar-refractivity contribution >= 4 is 17.5 Å². The minimum Gasteiger partial charge on any atom is -0.377 e. The fraction of sp³-hybridized carbons (Fsp3) is 0.562. The average molecular weight is 329 g/mol. The summed E-state index contributed by atoms with van der Waals surface area (Å²) in [5, 5.41) is 6.31. The molecule has 0 saturated carbocycles. The van der Waals surface area contributed by atoms with Crippen molar-refractivity contribution in [1.82, 2.24) is 10.6 Å². The molecule has 1 aliphatic rings. The van der Waals surface area contributed by atoms with Crippen LogP contribution in [0.15, 0.2) is 18.2 Å². The second-order valence-corrected chi connectivity index (χ2v) is 6.47. The van der Waals surface area contributed by atoms with E-state index in [4.69, 9.17) is 16.3 Å². The van der Waals surface area contributed by atoms with Crippen LogP contribution in [0.3, 0.4) is 0 Å². The number of carbonyl (C=O) groups excluding carboxylic acids is 1. The highest BCUT2D eigenvalue weighted by molar-refractivity contribution is 6.31. The van der Waals surface area contributed by atoms with E-state index in [0.717, 1.165) is 19.4 Å². The third-order valence-corrected chi connectivity index (χ3v) is 4.05. The number of amides is 1. The Morgan fingerprint density at radius 1 is 1.50 bits per heavy atom. The fourth-order valence-corrected chi connectivity index (χ4v) is 3.01. The van der Waals surface area contributed by atoms with Gasteiger partial charge in [0.25, 0.3) is 0 Å². The van der Waals surface area contributed by atoms with Gasteiger partial charge in [-0.25, -0.2) is 4.39 Å². The molecule has 1 saturated heterocycles. The zero-order valence-electron chi connectivity index (χ0n) is 12.9. The van der Waals surface area contributed by atoms with Gasteiger partial charge in [-0.1, -0.05) is 17.7 Å². The number of carbonyl (C=O) groups is 1. The highest BCUT2D eigenvalue weighted by Gasteiger charge is 2.25. The van der Waals surface area contributed by atoms with E-state index < -0.39 is 11.4 Å². The van der Waals surface area contributed by atoms with Gasteiger partial charge in [0.2, 0.25) is 5.91 Å². The van der Waals surface area contributed by atoms with E-state index in [9.17, 15) is 9.18 Å². The van der Waals surface area contributed by atoms with Gasteiger partial charge in [0.15, 0.2) is 0 Å². The van der Waals surface area contributed by atoms with Gasteiger partial charge in [-0.15, -0.1) is 0 Å². The average Bonchev–Trinajstić information content (AvgIpc) is 2.90. The molecule has 2 N–H and O–H groups in total. The van der Waals surface area contributed by atoms with Crippen LogP contribution in [0.25, 0.3) is 0 Å². The van der Waals surface area contributed by atoms with Gasteiger partial charge in [-0.3, -0.25) is 4.79 Å². The number of nitrogens with one attached hydrogen (secondary N) is 2. The van der Waals surface area contributed by atoms with Crippen LogP contribution in [0, 0.1) is 5.82 Å². The predicted octanol–water partition coefficient (Wildman–Crippen LogP) is 2.60. The highest BCUT2D eigenvalue weighted by atomic mass is 35.5. The Labute approximate surface area is 135 Å². The minimum atomic E-state index is -0.673. The van der Waals surface area contributed by atoms with Crippen LogP contribution in [0.2, 0.25) is 5.02 Å². The summed E-state index contributed by atoms with van der Waals surface area (Å²) in [6.45, 7) is 5.36. The van der Waals surface area contributed by atoms with E-state index in [1.165, 1.54) is 12.1 Å². The first-order valence-electron chi connectivity index (χ1n) is 7.47. The molecule has 22 heavy (non-hydrogen) atoms. The molecule has 1 amide bonds. The number of hydrogen-bond acceptors (Lipinski definition) is 3. The first kappa shape index (κ1) is 17.2. The maximum atomic E-state index is 13.1. The first-order chi connectivity index (χ1) is 10.4. The lowest BCUT2D eigenvalue weighted by Gasteiger charge is -2.28. The third-order valence-electron chi connectivity index (χ3n) is 3.74. The van der Waals surface area contributed by atoms with E-state index in [1.807, 2.05) is 13.8 Å². The molecule has 1 fully saturated rings. The van der Waals surface area contributed by atoms with Crippen LogP contribution in [-0.4, -0.2) is 31.7 Å². The van der Waals surface area contributed by atoms with Crippen LogP contribution >= 0.6 is 11.6 Å². The molecule has 0 aromatic heterocycles. The molecule has 4 nitrogen and oxygen atoms in total. The van der Waals surface area contributed by atoms with Gasteiger partial charge in [0.1, 0.15) is 5.82 Å². The van der Waals surface area contributed by atoms with Crippen molar-refractivity contribution in [3.05, 3.63) is 34.6 Å². The van der Waals surface area contributed by atoms with Gasteiger partial charge in [0, 0.05) is 18.2 Å². The second kappa shape index (κ2) is 7.40. The van der Waals surface area contributed by atoms with E-state index in [0.29, 0.717) is 17.1 Å². The Bertz CT molecular complexity index is 531. The van der Waals surface area contributed by atoms with Crippen molar-refractivity contribution in [1.29, 1.82) is 0 Å². The maximum absolute atomic E-state index is 13.1. The molecule has 122 valence electrons. The van der Waals surface area contributed by atoms with Crippen LogP contribution in [0.4, 0.5) is 4.39 Å². The minimum absolute atomic E-state index is 0.136. The summed E-state index contributed by atoms with van der Waals surface area (Å²) in [6.07, 6.45) is 2.31. The van der Waals surface area contributed by atoms with E-state index in [1.54, 1.807) is 6.07 Å². The number of hydrogen-bond donors (Lipinski definition) is 2. The molecular weight excluding hydrogens is 307 g/mol. The molecule has 1 aromatic rings. The summed E-state index contributed by atoms with van der Waals surface area (Å²) in [5.41, 5.74) is 0.0102. The van der Waals surface area contributed by atoms with Crippen molar-refractivity contribution < 1.29 is 13.9 Å². The number of benzene rings is 1. The van der Waals surface area contributed by atoms with Gasteiger partial charge in [-0.2, -0.15) is 0 Å². The number of ether oxygens (including phenoxy) is 1. The van der Waals surface area contributed by atoms with Gasteiger partial charge < -0.3 is 15.4 Å². The zero-order chi connectivity index (χ0) is 16.2. The summed E-state index contributed by atoms with van der Waals surface area (Å²) in [7, 11) is 0. The summed E-state index contributed by atoms with van der Waals surface area (Å²) < 4.78 is 18.6. The molecule has 1 heterocycles. The van der Waals surface area contributed by atoms with Crippen molar-refractivity contribution in [2.24, 2.45) is 0 Å². The van der Waals surface area contributed by atoms with E-state index in [2.05, 4.69) is 10.6 Å². The largest absolute Gasteiger partial charge is 0.377 e. The molecule has 0 spiro atoms. The van der Waals surface area contributed by atoms with Crippen LogP contribution in [0.1, 0.15) is 32.3 Å². The Balaban J connectivity index is 1.85. The Morgan fingerprint density at radius 3 is 2.91 bits per heavy atom. The predicted molar refractivity (Wildman–Crippen MR) is 84.4 cm³/mol. The Hall–Kier alpha value is -1.17. The molecule has 1 aromatic carbocycles. The zero-order valence-corrected chi connectivity index (χ0v) is 13.7. The molecule has 6 heteroatoms. The molecule has 1 unspecified atom stereocenters. The molecule has 0 bridgehead atoms. The lowest BCUT2D eigenvalue weighted by molar-refractivity contribution is -0.122. The fourth-order valence-electron chi connectivity index (χ4n) is 2.61. The normalized spacial score (nSPS) is 18.5. The van der Waals surface area contributed by atoms with Gasteiger partial charge in [0.05, 0.1) is 18.2 Å². The molecule has 2 rings (SSSR count). The van der Waals surface area contributed by atoms with Gasteiger partial charge >= 0.3 is 0 Å². The third kappa shape index (κ3) is 4.66. The second-order valence-electron chi connectivity index (χ2n) is 6.06. The lowest BCUT2D eigenvalue weighted by atomic mass is 9.94. The monoisotopic (exact) mass is 328 g/mol. The maximum Gasteiger partial charge on any atom is 0.234 e. The van der Waals surface area contributed by atoms with Crippen LogP contribution in [0.5, 0.6) is 0 Å². The van der Waals surface area contributed by atoms with E-state index in [-0.39, 0.29) is 18.6 Å². The van der Waals surface area contributed by atoms with Gasteiger partial charge in [-0.05, 0) is 44.4 Å². The molecule has 0 radical (unpaired) electrons. The van der Waals surface area contributed by atoms with Crippen LogP contribution < -0.4 is 10.6 Å². The quantitative estimate of drug-likeness (QED) is 0.844. The topological polar surface area (TPSA) is 50.4 Å². The van der Waals surface area contributed by atoms with Crippen molar-refractivity contribution in [3.63, 3.8) is 0 Å². The first-order valence-corrected chi connectivity index (χ1v) is 7.85. The molecule has 1 atom stereocenters. The van der Waals surface area contributed by atoms with Crippen molar-refractivity contribution in [2.45, 2.75) is 38.3 Å².